The van der Waals surface area contributed by atoms with Gasteiger partial charge in [0.05, 0.1) is 53.7 Å². The van der Waals surface area contributed by atoms with Crippen molar-refractivity contribution in [2.24, 2.45) is 20.5 Å². The number of fused-ring (bicyclic) bond motifs is 1. The summed E-state index contributed by atoms with van der Waals surface area (Å²) >= 11 is 0. The summed E-state index contributed by atoms with van der Waals surface area (Å²) in [5.74, 6) is -0.0217. The Balaban J connectivity index is 1.17. The van der Waals surface area contributed by atoms with Crippen molar-refractivity contribution in [1.29, 1.82) is 5.26 Å². The lowest BCUT2D eigenvalue weighted by atomic mass is 10.1. The van der Waals surface area contributed by atoms with Gasteiger partial charge in [-0.15, -0.1) is 5.11 Å². The van der Waals surface area contributed by atoms with Crippen LogP contribution in [-0.2, 0) is 29.5 Å². The van der Waals surface area contributed by atoms with Crippen LogP contribution >= 0.6 is 0 Å². The summed E-state index contributed by atoms with van der Waals surface area (Å²) in [5, 5.41) is 28.6. The first-order chi connectivity index (χ1) is 26.6. The van der Waals surface area contributed by atoms with Crippen LogP contribution in [0.15, 0.2) is 121 Å². The van der Waals surface area contributed by atoms with Crippen LogP contribution in [0.25, 0.3) is 10.8 Å². The number of azo groups is 2. The molecule has 5 aromatic rings. The molecule has 1 unspecified atom stereocenters. The molecule has 7 rings (SSSR count). The number of ether oxygens (including phenoxy) is 3. The number of nitriles is 1. The van der Waals surface area contributed by atoms with Gasteiger partial charge in [-0.2, -0.15) is 34.2 Å². The van der Waals surface area contributed by atoms with E-state index in [4.69, 9.17) is 19.9 Å². The first-order valence-corrected chi connectivity index (χ1v) is 19.9. The monoisotopic (exact) mass is 782 g/mol. The molecule has 0 amide bonds. The van der Waals surface area contributed by atoms with Crippen molar-refractivity contribution in [3.63, 3.8) is 0 Å². The van der Waals surface area contributed by atoms with E-state index in [1.807, 2.05) is 36.4 Å². The largest absolute Gasteiger partial charge is 0.436 e. The summed E-state index contributed by atoms with van der Waals surface area (Å²) in [6, 6.07) is 25.3. The zero-order chi connectivity index (χ0) is 38.4. The lowest BCUT2D eigenvalue weighted by Crippen LogP contribution is -2.40. The minimum Gasteiger partial charge on any atom is -0.436 e. The fourth-order valence-corrected chi connectivity index (χ4v) is 8.57. The Labute approximate surface area is 316 Å². The van der Waals surface area contributed by atoms with E-state index in [0.717, 1.165) is 10.8 Å². The maximum atomic E-state index is 13.1. The second-order valence-corrected chi connectivity index (χ2v) is 16.0. The van der Waals surface area contributed by atoms with Crippen molar-refractivity contribution in [3.05, 3.63) is 96.8 Å². The summed E-state index contributed by atoms with van der Waals surface area (Å²) in [6.07, 6.45) is 0. The van der Waals surface area contributed by atoms with Crippen molar-refractivity contribution in [3.8, 4) is 17.7 Å². The number of nitrogen functional groups attached to an aromatic ring is 1. The molecule has 2 aliphatic rings. The molecule has 3 heterocycles. The quantitative estimate of drug-likeness (QED) is 0.157. The third kappa shape index (κ3) is 8.34. The van der Waals surface area contributed by atoms with Gasteiger partial charge in [-0.25, -0.2) is 21.8 Å². The number of benzene rings is 4. The standard InChI is InChI=1S/C36H34N10O7S2/c37-24-31(43-41-26-8-12-28(13-9-26)54(47,48)45-16-20-51-21-17-45)35-39-34(38)33(36(40-35)53-32-7-3-5-25-4-1-2-6-30(25)32)44-42-27-10-14-29(15-11-27)55(49,50)46-18-22-52-23-19-46/h1-15,31H,16-23H2,(H2,38,39,40). The van der Waals surface area contributed by atoms with Gasteiger partial charge in [-0.05, 0) is 60.0 Å². The zero-order valence-electron chi connectivity index (χ0n) is 29.2. The SMILES string of the molecule is N#CC(N=Nc1ccc(S(=O)(=O)N2CCOCC2)cc1)c1nc(N)c(N=Nc2ccc(S(=O)(=O)N3CCOCC3)cc2)c(Oc2cccc3ccccc23)n1. The summed E-state index contributed by atoms with van der Waals surface area (Å²) < 4.78 is 71.7. The Hall–Kier alpha value is -5.75. The molecule has 0 aliphatic carbocycles. The normalized spacial score (nSPS) is 16.7. The highest BCUT2D eigenvalue weighted by molar-refractivity contribution is 7.89. The Kier molecular flexibility index (Phi) is 11.1. The Morgan fingerprint density at radius 2 is 1.25 bits per heavy atom. The fourth-order valence-electron chi connectivity index (χ4n) is 5.75. The van der Waals surface area contributed by atoms with E-state index in [-0.39, 0.29) is 64.9 Å². The molecule has 2 N–H and O–H groups in total. The molecule has 282 valence electrons. The van der Waals surface area contributed by atoms with Crippen LogP contribution in [0.1, 0.15) is 11.9 Å². The van der Waals surface area contributed by atoms with Crippen molar-refractivity contribution >= 4 is 53.7 Å². The van der Waals surface area contributed by atoms with Gasteiger partial charge in [0.1, 0.15) is 5.75 Å². The topological polar surface area (TPSA) is 227 Å². The van der Waals surface area contributed by atoms with Gasteiger partial charge in [-0.1, -0.05) is 36.4 Å². The molecule has 17 nitrogen and oxygen atoms in total. The maximum absolute atomic E-state index is 13.1. The number of rotatable bonds is 11. The minimum atomic E-state index is -3.71. The smallest absolute Gasteiger partial charge is 0.253 e. The number of hydrogen-bond acceptors (Lipinski definition) is 15. The summed E-state index contributed by atoms with van der Waals surface area (Å²) in [6.45, 7) is 2.36. The number of morpholine rings is 2. The third-order valence-corrected chi connectivity index (χ3v) is 12.5. The molecule has 2 fully saturated rings. The van der Waals surface area contributed by atoms with Crippen LogP contribution in [-0.4, -0.2) is 88.0 Å². The molecule has 0 spiro atoms. The number of nitrogens with zero attached hydrogens (tertiary/aromatic N) is 9. The van der Waals surface area contributed by atoms with Crippen LogP contribution in [0, 0.1) is 11.3 Å². The lowest BCUT2D eigenvalue weighted by Gasteiger charge is -2.26. The molecule has 0 radical (unpaired) electrons. The maximum Gasteiger partial charge on any atom is 0.253 e. The zero-order valence-corrected chi connectivity index (χ0v) is 30.8. The number of nitrogens with two attached hydrogens (primary N) is 1. The van der Waals surface area contributed by atoms with Crippen molar-refractivity contribution in [1.82, 2.24) is 18.6 Å². The van der Waals surface area contributed by atoms with E-state index < -0.39 is 26.1 Å². The van der Waals surface area contributed by atoms with Crippen molar-refractivity contribution < 1.29 is 31.0 Å². The highest BCUT2D eigenvalue weighted by Gasteiger charge is 2.28. The van der Waals surface area contributed by atoms with Gasteiger partial charge in [0.25, 0.3) is 5.88 Å². The van der Waals surface area contributed by atoms with Crippen LogP contribution in [0.5, 0.6) is 11.6 Å². The summed E-state index contributed by atoms with van der Waals surface area (Å²) in [5.41, 5.74) is 6.96. The molecule has 1 aromatic heterocycles. The van der Waals surface area contributed by atoms with E-state index in [1.165, 1.54) is 57.1 Å². The molecule has 1 atom stereocenters. The molecule has 0 bridgehead atoms. The summed E-state index contributed by atoms with van der Waals surface area (Å²) in [7, 11) is -7.43. The van der Waals surface area contributed by atoms with Gasteiger partial charge in [0.2, 0.25) is 26.1 Å². The van der Waals surface area contributed by atoms with E-state index in [2.05, 4.69) is 30.4 Å². The molecule has 0 saturated carbocycles. The highest BCUT2D eigenvalue weighted by Crippen LogP contribution is 2.39. The van der Waals surface area contributed by atoms with E-state index >= 15 is 0 Å². The number of aromatic nitrogens is 2. The molecular weight excluding hydrogens is 749 g/mol. The average molecular weight is 783 g/mol. The first kappa shape index (κ1) is 37.6. The molecule has 55 heavy (non-hydrogen) atoms. The summed E-state index contributed by atoms with van der Waals surface area (Å²) in [4.78, 5) is 8.99. The molecule has 2 aliphatic heterocycles. The number of hydrogen-bond donors (Lipinski definition) is 1. The molecule has 2 saturated heterocycles. The second kappa shape index (κ2) is 16.3. The molecule has 4 aromatic carbocycles. The fraction of sp³-hybridized carbons (Fsp3) is 0.250. The molecular formula is C36H34N10O7S2. The minimum absolute atomic E-state index is 0.0487. The average Bonchev–Trinajstić information content (AvgIpc) is 3.22. The van der Waals surface area contributed by atoms with Crippen LogP contribution in [0.3, 0.4) is 0 Å². The van der Waals surface area contributed by atoms with Gasteiger partial charge < -0.3 is 19.9 Å². The van der Waals surface area contributed by atoms with Crippen molar-refractivity contribution in [2.45, 2.75) is 15.8 Å². The van der Waals surface area contributed by atoms with Gasteiger partial charge in [0.15, 0.2) is 17.3 Å². The highest BCUT2D eigenvalue weighted by atomic mass is 32.2. The predicted molar refractivity (Wildman–Crippen MR) is 200 cm³/mol. The third-order valence-electron chi connectivity index (χ3n) is 8.66. The Bertz CT molecular complexity index is 2490. The Morgan fingerprint density at radius 1 is 0.709 bits per heavy atom. The molecule has 19 heteroatoms. The van der Waals surface area contributed by atoms with Gasteiger partial charge in [-0.3, -0.25) is 0 Å². The van der Waals surface area contributed by atoms with E-state index in [0.29, 0.717) is 37.9 Å². The predicted octanol–water partition coefficient (Wildman–Crippen LogP) is 5.81. The Morgan fingerprint density at radius 3 is 1.84 bits per heavy atom. The van der Waals surface area contributed by atoms with Crippen LogP contribution in [0.2, 0.25) is 0 Å². The van der Waals surface area contributed by atoms with Crippen molar-refractivity contribution in [2.75, 3.05) is 58.3 Å². The first-order valence-electron chi connectivity index (χ1n) is 17.0. The van der Waals surface area contributed by atoms with Crippen LogP contribution in [0.4, 0.5) is 22.9 Å². The van der Waals surface area contributed by atoms with E-state index in [9.17, 15) is 22.1 Å². The second-order valence-electron chi connectivity index (χ2n) is 12.2. The lowest BCUT2D eigenvalue weighted by molar-refractivity contribution is 0.0730. The van der Waals surface area contributed by atoms with Gasteiger partial charge in [0, 0.05) is 31.6 Å². The van der Waals surface area contributed by atoms with Crippen LogP contribution < -0.4 is 10.5 Å². The number of sulfonamides is 2. The van der Waals surface area contributed by atoms with E-state index in [1.54, 1.807) is 12.1 Å². The number of anilines is 1. The van der Waals surface area contributed by atoms with Gasteiger partial charge >= 0.3 is 0 Å².